The zero-order valence-electron chi connectivity index (χ0n) is 11.8. The van der Waals surface area contributed by atoms with Gasteiger partial charge in [0, 0.05) is 11.6 Å². The van der Waals surface area contributed by atoms with Gasteiger partial charge in [-0.15, -0.1) is 0 Å². The first-order valence-electron chi connectivity index (χ1n) is 6.70. The lowest BCUT2D eigenvalue weighted by molar-refractivity contribution is 0.183. The maximum atomic E-state index is 6.09. The van der Waals surface area contributed by atoms with Crippen molar-refractivity contribution in [3.05, 3.63) is 54.6 Å². The molecule has 0 heterocycles. The zero-order valence-corrected chi connectivity index (χ0v) is 11.8. The quantitative estimate of drug-likeness (QED) is 0.879. The molecule has 0 fully saturated rings. The number of ether oxygens (including phenoxy) is 1. The summed E-state index contributed by atoms with van der Waals surface area (Å²) < 4.78 is 6.09. The highest BCUT2D eigenvalue weighted by molar-refractivity contribution is 5.70. The molecule has 0 saturated heterocycles. The molecule has 0 saturated carbocycles. The van der Waals surface area contributed by atoms with Gasteiger partial charge in [0.15, 0.2) is 0 Å². The van der Waals surface area contributed by atoms with Crippen molar-refractivity contribution in [1.29, 1.82) is 0 Å². The largest absolute Gasteiger partial charge is 0.488 e. The Morgan fingerprint density at radius 2 is 1.53 bits per heavy atom. The first kappa shape index (κ1) is 13.6. The molecule has 2 unspecified atom stereocenters. The van der Waals surface area contributed by atoms with Crippen LogP contribution in [0.1, 0.15) is 13.8 Å². The molecule has 100 valence electrons. The Balaban J connectivity index is 2.27. The molecular weight excluding hydrogens is 234 g/mol. The zero-order chi connectivity index (χ0) is 13.7. The molecule has 19 heavy (non-hydrogen) atoms. The van der Waals surface area contributed by atoms with Crippen LogP contribution in [-0.4, -0.2) is 19.2 Å². The van der Waals surface area contributed by atoms with E-state index >= 15 is 0 Å². The highest BCUT2D eigenvalue weighted by atomic mass is 16.5. The van der Waals surface area contributed by atoms with Gasteiger partial charge in [0.2, 0.25) is 0 Å². The topological polar surface area (TPSA) is 21.3 Å². The maximum Gasteiger partial charge on any atom is 0.127 e. The third kappa shape index (κ3) is 3.36. The molecule has 0 aliphatic heterocycles. The molecule has 2 aromatic rings. The molecule has 0 aliphatic rings. The van der Waals surface area contributed by atoms with E-state index < -0.39 is 0 Å². The number of para-hydroxylation sites is 1. The summed E-state index contributed by atoms with van der Waals surface area (Å²) >= 11 is 0. The molecule has 0 bridgehead atoms. The van der Waals surface area contributed by atoms with Crippen LogP contribution in [0.15, 0.2) is 54.6 Å². The van der Waals surface area contributed by atoms with Crippen LogP contribution in [0.4, 0.5) is 0 Å². The summed E-state index contributed by atoms with van der Waals surface area (Å²) in [5.74, 6) is 0.934. The second-order valence-electron chi connectivity index (χ2n) is 4.76. The predicted octanol–water partition coefficient (Wildman–Crippen LogP) is 3.73. The predicted molar refractivity (Wildman–Crippen MR) is 80.5 cm³/mol. The van der Waals surface area contributed by atoms with Gasteiger partial charge in [-0.1, -0.05) is 48.5 Å². The van der Waals surface area contributed by atoms with Crippen molar-refractivity contribution in [2.75, 3.05) is 7.05 Å². The molecule has 2 atom stereocenters. The summed E-state index contributed by atoms with van der Waals surface area (Å²) in [6, 6.07) is 18.8. The van der Waals surface area contributed by atoms with E-state index in [1.54, 1.807) is 0 Å². The SMILES string of the molecule is CNC(C)C(C)Oc1ccccc1-c1ccccc1. The van der Waals surface area contributed by atoms with Crippen molar-refractivity contribution >= 4 is 0 Å². The molecule has 1 N–H and O–H groups in total. The van der Waals surface area contributed by atoms with E-state index in [4.69, 9.17) is 4.74 Å². The summed E-state index contributed by atoms with van der Waals surface area (Å²) in [5, 5.41) is 3.22. The summed E-state index contributed by atoms with van der Waals surface area (Å²) in [7, 11) is 1.95. The van der Waals surface area contributed by atoms with Gasteiger partial charge in [0.25, 0.3) is 0 Å². The number of nitrogens with one attached hydrogen (secondary N) is 1. The first-order chi connectivity index (χ1) is 9.22. The normalized spacial score (nSPS) is 13.8. The summed E-state index contributed by atoms with van der Waals surface area (Å²) in [6.07, 6.45) is 0.120. The van der Waals surface area contributed by atoms with Crippen molar-refractivity contribution < 1.29 is 4.74 Å². The molecule has 2 heteroatoms. The van der Waals surface area contributed by atoms with Crippen LogP contribution in [0.5, 0.6) is 5.75 Å². The Labute approximate surface area is 115 Å². The van der Waals surface area contributed by atoms with Gasteiger partial charge < -0.3 is 10.1 Å². The number of hydrogen-bond acceptors (Lipinski definition) is 2. The Hall–Kier alpha value is -1.80. The highest BCUT2D eigenvalue weighted by Crippen LogP contribution is 2.30. The first-order valence-corrected chi connectivity index (χ1v) is 6.70. The smallest absolute Gasteiger partial charge is 0.127 e. The van der Waals surface area contributed by atoms with Gasteiger partial charge in [-0.3, -0.25) is 0 Å². The fraction of sp³-hybridized carbons (Fsp3) is 0.294. The summed E-state index contributed by atoms with van der Waals surface area (Å²) in [6.45, 7) is 4.21. The van der Waals surface area contributed by atoms with Crippen molar-refractivity contribution in [3.8, 4) is 16.9 Å². The van der Waals surface area contributed by atoms with Crippen LogP contribution >= 0.6 is 0 Å². The van der Waals surface area contributed by atoms with Crippen molar-refractivity contribution in [2.45, 2.75) is 26.0 Å². The summed E-state index contributed by atoms with van der Waals surface area (Å²) in [4.78, 5) is 0. The lowest BCUT2D eigenvalue weighted by Crippen LogP contribution is -2.36. The van der Waals surface area contributed by atoms with E-state index in [1.165, 1.54) is 5.56 Å². The van der Waals surface area contributed by atoms with Gasteiger partial charge in [0.1, 0.15) is 11.9 Å². The van der Waals surface area contributed by atoms with Crippen molar-refractivity contribution in [2.24, 2.45) is 0 Å². The Morgan fingerprint density at radius 3 is 2.21 bits per heavy atom. The molecular formula is C17H21NO. The average Bonchev–Trinajstić information content (AvgIpc) is 2.47. The van der Waals surface area contributed by atoms with Crippen LogP contribution in [0.3, 0.4) is 0 Å². The number of hydrogen-bond donors (Lipinski definition) is 1. The minimum atomic E-state index is 0.120. The lowest BCUT2D eigenvalue weighted by atomic mass is 10.0. The lowest BCUT2D eigenvalue weighted by Gasteiger charge is -2.22. The van der Waals surface area contributed by atoms with E-state index in [9.17, 15) is 0 Å². The van der Waals surface area contributed by atoms with E-state index in [-0.39, 0.29) is 6.10 Å². The second kappa shape index (κ2) is 6.39. The number of benzene rings is 2. The minimum absolute atomic E-state index is 0.120. The number of rotatable bonds is 5. The van der Waals surface area contributed by atoms with Crippen LogP contribution < -0.4 is 10.1 Å². The van der Waals surface area contributed by atoms with E-state index in [2.05, 4.69) is 37.4 Å². The fourth-order valence-electron chi connectivity index (χ4n) is 1.96. The second-order valence-corrected chi connectivity index (χ2v) is 4.76. The van der Waals surface area contributed by atoms with E-state index in [0.717, 1.165) is 11.3 Å². The Morgan fingerprint density at radius 1 is 0.895 bits per heavy atom. The summed E-state index contributed by atoms with van der Waals surface area (Å²) in [5.41, 5.74) is 2.32. The Kier molecular flexibility index (Phi) is 4.58. The Bertz CT molecular complexity index is 510. The average molecular weight is 255 g/mol. The monoisotopic (exact) mass is 255 g/mol. The van der Waals surface area contributed by atoms with E-state index in [1.807, 2.05) is 43.4 Å². The van der Waals surface area contributed by atoms with Crippen LogP contribution in [0.2, 0.25) is 0 Å². The molecule has 0 spiro atoms. The van der Waals surface area contributed by atoms with Crippen LogP contribution in [-0.2, 0) is 0 Å². The van der Waals surface area contributed by atoms with E-state index in [0.29, 0.717) is 6.04 Å². The fourth-order valence-corrected chi connectivity index (χ4v) is 1.96. The third-order valence-electron chi connectivity index (χ3n) is 3.44. The standard InChI is InChI=1S/C17H21NO/c1-13(18-3)14(2)19-17-12-8-7-11-16(17)15-9-5-4-6-10-15/h4-14,18H,1-3H3. The molecule has 0 aliphatic carbocycles. The molecule has 0 aromatic heterocycles. The van der Waals surface area contributed by atoms with Gasteiger partial charge >= 0.3 is 0 Å². The number of likely N-dealkylation sites (N-methyl/N-ethyl adjacent to an activating group) is 1. The van der Waals surface area contributed by atoms with Gasteiger partial charge in [0.05, 0.1) is 0 Å². The maximum absolute atomic E-state index is 6.09. The van der Waals surface area contributed by atoms with Crippen molar-refractivity contribution in [1.82, 2.24) is 5.32 Å². The molecule has 0 radical (unpaired) electrons. The molecule has 0 amide bonds. The highest BCUT2D eigenvalue weighted by Gasteiger charge is 2.14. The van der Waals surface area contributed by atoms with Gasteiger partial charge in [-0.05, 0) is 32.5 Å². The molecule has 2 nitrogen and oxygen atoms in total. The molecule has 2 aromatic carbocycles. The van der Waals surface area contributed by atoms with Crippen LogP contribution in [0, 0.1) is 0 Å². The van der Waals surface area contributed by atoms with Gasteiger partial charge in [-0.2, -0.15) is 0 Å². The minimum Gasteiger partial charge on any atom is -0.488 e. The molecule has 2 rings (SSSR count). The third-order valence-corrected chi connectivity index (χ3v) is 3.44. The van der Waals surface area contributed by atoms with Crippen molar-refractivity contribution in [3.63, 3.8) is 0 Å². The van der Waals surface area contributed by atoms with Crippen LogP contribution in [0.25, 0.3) is 11.1 Å². The van der Waals surface area contributed by atoms with Gasteiger partial charge in [-0.25, -0.2) is 0 Å².